The van der Waals surface area contributed by atoms with E-state index in [1.54, 1.807) is 0 Å². The first-order valence-electron chi connectivity index (χ1n) is 3.23. The van der Waals surface area contributed by atoms with Crippen molar-refractivity contribution in [2.24, 2.45) is 0 Å². The highest BCUT2D eigenvalue weighted by molar-refractivity contribution is 5.26. The van der Waals surface area contributed by atoms with E-state index in [1.165, 1.54) is 0 Å². The molecule has 0 amide bonds. The molecule has 0 saturated heterocycles. The molecule has 0 N–H and O–H groups in total. The van der Waals surface area contributed by atoms with E-state index in [9.17, 15) is 35.1 Å². The molecular formula is C6H2F8. The van der Waals surface area contributed by atoms with Gasteiger partial charge in [-0.25, -0.2) is 17.6 Å². The number of rotatable bonds is 0. The fourth-order valence-electron chi connectivity index (χ4n) is 0.903. The topological polar surface area (TPSA) is 0 Å². The van der Waals surface area contributed by atoms with Crippen LogP contribution in [0, 0.1) is 0 Å². The van der Waals surface area contributed by atoms with Crippen LogP contribution in [0.1, 0.15) is 0 Å². The van der Waals surface area contributed by atoms with Gasteiger partial charge in [0, 0.05) is 0 Å². The molecule has 1 aliphatic carbocycles. The number of halogens is 8. The quantitative estimate of drug-likeness (QED) is 0.556. The van der Waals surface area contributed by atoms with Crippen LogP contribution < -0.4 is 0 Å². The Labute approximate surface area is 72.2 Å². The summed E-state index contributed by atoms with van der Waals surface area (Å²) in [5, 5.41) is 0. The lowest BCUT2D eigenvalue weighted by Gasteiger charge is -2.33. The molecule has 1 rings (SSSR count). The summed E-state index contributed by atoms with van der Waals surface area (Å²) in [5.74, 6) is -17.3. The first kappa shape index (κ1) is 11.3. The summed E-state index contributed by atoms with van der Waals surface area (Å²) in [6.07, 6.45) is -7.80. The SMILES string of the molecule is FC1=C(F)C(F)(F)C(F)(F)C(F)C1F. The van der Waals surface area contributed by atoms with Crippen LogP contribution in [-0.2, 0) is 0 Å². The molecular weight excluding hydrogens is 224 g/mol. The second kappa shape index (κ2) is 2.83. The Morgan fingerprint density at radius 3 is 1.79 bits per heavy atom. The Morgan fingerprint density at radius 1 is 0.929 bits per heavy atom. The van der Waals surface area contributed by atoms with Crippen molar-refractivity contribution in [2.45, 2.75) is 24.2 Å². The van der Waals surface area contributed by atoms with E-state index < -0.39 is 35.8 Å². The molecule has 82 valence electrons. The van der Waals surface area contributed by atoms with Crippen molar-refractivity contribution in [3.8, 4) is 0 Å². The zero-order chi connectivity index (χ0) is 11.3. The lowest BCUT2D eigenvalue weighted by atomic mass is 9.94. The van der Waals surface area contributed by atoms with Gasteiger partial charge in [0.2, 0.25) is 12.0 Å². The summed E-state index contributed by atoms with van der Waals surface area (Å²) in [5.41, 5.74) is 0. The smallest absolute Gasteiger partial charge is 0.237 e. The molecule has 0 aromatic carbocycles. The van der Waals surface area contributed by atoms with Crippen LogP contribution in [0.25, 0.3) is 0 Å². The Balaban J connectivity index is 3.33. The van der Waals surface area contributed by atoms with E-state index in [2.05, 4.69) is 0 Å². The lowest BCUT2D eigenvalue weighted by Crippen LogP contribution is -2.55. The standard InChI is InChI=1S/C6H2F8/c7-1-2(8)4(10)6(13,14)5(11,12)3(1)9/h1,3H. The van der Waals surface area contributed by atoms with Crippen molar-refractivity contribution in [1.29, 1.82) is 0 Å². The van der Waals surface area contributed by atoms with E-state index >= 15 is 0 Å². The molecule has 0 fully saturated rings. The highest BCUT2D eigenvalue weighted by Crippen LogP contribution is 2.51. The maximum atomic E-state index is 12.2. The van der Waals surface area contributed by atoms with Crippen LogP contribution in [0.3, 0.4) is 0 Å². The Morgan fingerprint density at radius 2 is 1.36 bits per heavy atom. The van der Waals surface area contributed by atoms with Gasteiger partial charge in [0.05, 0.1) is 0 Å². The van der Waals surface area contributed by atoms with Crippen LogP contribution in [-0.4, -0.2) is 24.2 Å². The average molecular weight is 226 g/mol. The van der Waals surface area contributed by atoms with Gasteiger partial charge in [-0.2, -0.15) is 17.6 Å². The molecule has 0 heterocycles. The zero-order valence-corrected chi connectivity index (χ0v) is 6.18. The average Bonchev–Trinajstić information content (AvgIpc) is 2.10. The summed E-state index contributed by atoms with van der Waals surface area (Å²) in [7, 11) is 0. The molecule has 8 heteroatoms. The van der Waals surface area contributed by atoms with E-state index in [0.717, 1.165) is 0 Å². The van der Waals surface area contributed by atoms with Gasteiger partial charge >= 0.3 is 11.8 Å². The van der Waals surface area contributed by atoms with Crippen LogP contribution in [0.2, 0.25) is 0 Å². The molecule has 0 aromatic rings. The first-order valence-corrected chi connectivity index (χ1v) is 3.23. The third kappa shape index (κ3) is 1.12. The van der Waals surface area contributed by atoms with Gasteiger partial charge in [-0.1, -0.05) is 0 Å². The predicted octanol–water partition coefficient (Wildman–Crippen LogP) is 3.10. The Bertz CT molecular complexity index is 280. The summed E-state index contributed by atoms with van der Waals surface area (Å²) in [6.45, 7) is 0. The largest absolute Gasteiger partial charge is 0.366 e. The summed E-state index contributed by atoms with van der Waals surface area (Å²) < 4.78 is 97.6. The van der Waals surface area contributed by atoms with E-state index in [0.29, 0.717) is 0 Å². The number of hydrogen-bond acceptors (Lipinski definition) is 0. The normalized spacial score (nSPS) is 36.0. The second-order valence-corrected chi connectivity index (χ2v) is 2.66. The van der Waals surface area contributed by atoms with Crippen LogP contribution in [0.15, 0.2) is 11.7 Å². The highest BCUT2D eigenvalue weighted by Gasteiger charge is 2.71. The first-order chi connectivity index (χ1) is 6.14. The van der Waals surface area contributed by atoms with E-state index in [4.69, 9.17) is 0 Å². The zero-order valence-electron chi connectivity index (χ0n) is 6.18. The number of allylic oxidation sites excluding steroid dienone is 2. The molecule has 0 nitrogen and oxygen atoms in total. The van der Waals surface area contributed by atoms with Crippen molar-refractivity contribution in [1.82, 2.24) is 0 Å². The fourth-order valence-corrected chi connectivity index (χ4v) is 0.903. The van der Waals surface area contributed by atoms with Crippen molar-refractivity contribution >= 4 is 0 Å². The fraction of sp³-hybridized carbons (Fsp3) is 0.667. The molecule has 0 aliphatic heterocycles. The molecule has 2 unspecified atom stereocenters. The summed E-state index contributed by atoms with van der Waals surface area (Å²) in [4.78, 5) is 0. The van der Waals surface area contributed by atoms with Gasteiger partial charge in [-0.05, 0) is 0 Å². The molecule has 2 atom stereocenters. The predicted molar refractivity (Wildman–Crippen MR) is 28.9 cm³/mol. The van der Waals surface area contributed by atoms with Crippen LogP contribution in [0.4, 0.5) is 35.1 Å². The van der Waals surface area contributed by atoms with Gasteiger partial charge in [0.1, 0.15) is 0 Å². The van der Waals surface area contributed by atoms with Gasteiger partial charge < -0.3 is 0 Å². The molecule has 0 bridgehead atoms. The van der Waals surface area contributed by atoms with Crippen molar-refractivity contribution in [2.75, 3.05) is 0 Å². The van der Waals surface area contributed by atoms with E-state index in [1.807, 2.05) is 0 Å². The molecule has 14 heavy (non-hydrogen) atoms. The monoisotopic (exact) mass is 226 g/mol. The molecule has 0 radical (unpaired) electrons. The number of hydrogen-bond donors (Lipinski definition) is 0. The summed E-state index contributed by atoms with van der Waals surface area (Å²) in [6, 6.07) is 0. The minimum atomic E-state index is -5.65. The molecule has 0 spiro atoms. The second-order valence-electron chi connectivity index (χ2n) is 2.66. The van der Waals surface area contributed by atoms with Crippen LogP contribution in [0.5, 0.6) is 0 Å². The Kier molecular flexibility index (Phi) is 2.28. The maximum absolute atomic E-state index is 12.2. The molecule has 1 aliphatic rings. The molecule has 0 saturated carbocycles. The summed E-state index contributed by atoms with van der Waals surface area (Å²) >= 11 is 0. The maximum Gasteiger partial charge on any atom is 0.366 e. The van der Waals surface area contributed by atoms with Crippen LogP contribution >= 0.6 is 0 Å². The third-order valence-corrected chi connectivity index (χ3v) is 1.75. The van der Waals surface area contributed by atoms with Crippen molar-refractivity contribution < 1.29 is 35.1 Å². The lowest BCUT2D eigenvalue weighted by molar-refractivity contribution is -0.246. The van der Waals surface area contributed by atoms with Crippen molar-refractivity contribution in [3.63, 3.8) is 0 Å². The minimum Gasteiger partial charge on any atom is -0.237 e. The van der Waals surface area contributed by atoms with Gasteiger partial charge in [0.25, 0.3) is 0 Å². The van der Waals surface area contributed by atoms with Gasteiger partial charge in [-0.3, -0.25) is 0 Å². The Hall–Kier alpha value is -0.820. The van der Waals surface area contributed by atoms with E-state index in [-0.39, 0.29) is 0 Å². The van der Waals surface area contributed by atoms with Gasteiger partial charge in [-0.15, -0.1) is 0 Å². The van der Waals surface area contributed by atoms with Gasteiger partial charge in [0.15, 0.2) is 12.0 Å². The molecule has 0 aromatic heterocycles. The highest BCUT2D eigenvalue weighted by atomic mass is 19.3. The number of alkyl halides is 6. The van der Waals surface area contributed by atoms with Crippen molar-refractivity contribution in [3.05, 3.63) is 11.7 Å². The minimum absolute atomic E-state index is 2.83. The third-order valence-electron chi connectivity index (χ3n) is 1.75.